The first-order valence-electron chi connectivity index (χ1n) is 10.4. The maximum atomic E-state index is 13.1. The van der Waals surface area contributed by atoms with E-state index < -0.39 is 45.9 Å². The number of hydrogen-bond donors (Lipinski definition) is 2. The average Bonchev–Trinajstić information content (AvgIpc) is 3.39. The third-order valence-corrected chi connectivity index (χ3v) is 7.02. The number of anilines is 2. The van der Waals surface area contributed by atoms with Crippen molar-refractivity contribution in [1.29, 1.82) is 0 Å². The van der Waals surface area contributed by atoms with E-state index >= 15 is 0 Å². The number of carbonyl (C=O) groups is 2. The lowest BCUT2D eigenvalue weighted by Gasteiger charge is -2.11. The number of halogens is 8. The van der Waals surface area contributed by atoms with Crippen molar-refractivity contribution in [2.24, 2.45) is 5.92 Å². The molecule has 0 saturated heterocycles. The van der Waals surface area contributed by atoms with Crippen LogP contribution in [-0.2, 0) is 4.79 Å². The van der Waals surface area contributed by atoms with Gasteiger partial charge in [0.2, 0.25) is 5.91 Å². The third-order valence-electron chi connectivity index (χ3n) is 5.46. The molecule has 1 fully saturated rings. The topological polar surface area (TPSA) is 67.4 Å². The van der Waals surface area contributed by atoms with E-state index in [1.165, 1.54) is 54.6 Å². The molecule has 3 aromatic rings. The maximum Gasteiger partial charge on any atom is 0.573 e. The van der Waals surface area contributed by atoms with Gasteiger partial charge in [0.05, 0.1) is 21.5 Å². The highest BCUT2D eigenvalue weighted by Crippen LogP contribution is 2.65. The van der Waals surface area contributed by atoms with E-state index in [9.17, 15) is 27.2 Å². The molecule has 2 atom stereocenters. The van der Waals surface area contributed by atoms with Crippen LogP contribution < -0.4 is 15.4 Å². The van der Waals surface area contributed by atoms with Crippen LogP contribution in [0.4, 0.5) is 28.9 Å². The lowest BCUT2D eigenvalue weighted by molar-refractivity contribution is -0.274. The number of benzene rings is 3. The fraction of sp³-hybridized carbons (Fsp3) is 0.167. The van der Waals surface area contributed by atoms with Crippen LogP contribution >= 0.6 is 46.4 Å². The Hall–Kier alpha value is -2.72. The van der Waals surface area contributed by atoms with Gasteiger partial charge in [-0.1, -0.05) is 29.3 Å². The standard InChI is InChI=1S/C24H14Cl4F4N2O3/c25-16-7-6-14(10-15(16)21(35)33-13-4-2-12(29)3-5-13)34-22(36)20-19(23(20,27)28)11-1-8-18(17(26)9-11)37-24(30,31)32/h1-10,19-20H,(H,33,35)(H,34,36)/t19-,20+/m0/s1. The van der Waals surface area contributed by atoms with Crippen molar-refractivity contribution in [3.05, 3.63) is 87.7 Å². The summed E-state index contributed by atoms with van der Waals surface area (Å²) >= 11 is 24.7. The fourth-order valence-electron chi connectivity index (χ4n) is 3.71. The molecule has 0 aromatic heterocycles. The summed E-state index contributed by atoms with van der Waals surface area (Å²) in [4.78, 5) is 25.6. The monoisotopic (exact) mass is 594 g/mol. The second kappa shape index (κ2) is 10.2. The summed E-state index contributed by atoms with van der Waals surface area (Å²) in [7, 11) is 0. The molecule has 1 aliphatic carbocycles. The third kappa shape index (κ3) is 6.23. The van der Waals surface area contributed by atoms with E-state index in [1.807, 2.05) is 0 Å². The zero-order chi connectivity index (χ0) is 27.1. The summed E-state index contributed by atoms with van der Waals surface area (Å²) in [6.45, 7) is 0. The number of rotatable bonds is 6. The van der Waals surface area contributed by atoms with Gasteiger partial charge in [-0.15, -0.1) is 36.4 Å². The van der Waals surface area contributed by atoms with Crippen LogP contribution in [0.3, 0.4) is 0 Å². The number of carbonyl (C=O) groups excluding carboxylic acids is 2. The first kappa shape index (κ1) is 27.3. The van der Waals surface area contributed by atoms with Crippen molar-refractivity contribution in [1.82, 2.24) is 0 Å². The fourth-order valence-corrected chi connectivity index (χ4v) is 4.97. The lowest BCUT2D eigenvalue weighted by atomic mass is 10.1. The minimum atomic E-state index is -4.93. The van der Waals surface area contributed by atoms with Crippen LogP contribution in [0.15, 0.2) is 60.7 Å². The molecule has 194 valence electrons. The summed E-state index contributed by atoms with van der Waals surface area (Å²) in [6.07, 6.45) is -4.93. The molecule has 0 heterocycles. The molecule has 0 aliphatic heterocycles. The van der Waals surface area contributed by atoms with Gasteiger partial charge in [0.25, 0.3) is 5.91 Å². The van der Waals surface area contributed by atoms with Crippen LogP contribution in [0.1, 0.15) is 21.8 Å². The van der Waals surface area contributed by atoms with E-state index in [2.05, 4.69) is 15.4 Å². The van der Waals surface area contributed by atoms with Crippen LogP contribution in [0.2, 0.25) is 10.0 Å². The highest BCUT2D eigenvalue weighted by atomic mass is 35.5. The van der Waals surface area contributed by atoms with Gasteiger partial charge < -0.3 is 15.4 Å². The minimum absolute atomic E-state index is 0.0335. The normalized spacial score (nSPS) is 18.2. The highest BCUT2D eigenvalue weighted by Gasteiger charge is 2.67. The molecule has 0 spiro atoms. The van der Waals surface area contributed by atoms with E-state index in [0.29, 0.717) is 11.3 Å². The van der Waals surface area contributed by atoms with Crippen molar-refractivity contribution in [3.8, 4) is 5.75 Å². The molecule has 1 aliphatic rings. The Bertz CT molecular complexity index is 1370. The summed E-state index contributed by atoms with van der Waals surface area (Å²) in [5.41, 5.74) is 0.906. The summed E-state index contributed by atoms with van der Waals surface area (Å²) < 4.78 is 52.9. The van der Waals surface area contributed by atoms with E-state index in [-0.39, 0.29) is 21.3 Å². The van der Waals surface area contributed by atoms with Crippen molar-refractivity contribution >= 4 is 69.6 Å². The predicted molar refractivity (Wildman–Crippen MR) is 133 cm³/mol. The number of hydrogen-bond acceptors (Lipinski definition) is 3. The molecule has 0 bridgehead atoms. The highest BCUT2D eigenvalue weighted by molar-refractivity contribution is 6.53. The number of ether oxygens (including phenoxy) is 1. The molecule has 4 rings (SSSR count). The van der Waals surface area contributed by atoms with Gasteiger partial charge in [-0.3, -0.25) is 9.59 Å². The van der Waals surface area contributed by atoms with Gasteiger partial charge in [-0.2, -0.15) is 0 Å². The van der Waals surface area contributed by atoms with Crippen molar-refractivity contribution in [2.45, 2.75) is 16.6 Å². The van der Waals surface area contributed by atoms with Crippen molar-refractivity contribution in [3.63, 3.8) is 0 Å². The molecule has 3 aromatic carbocycles. The lowest BCUT2D eigenvalue weighted by Crippen LogP contribution is -2.18. The molecule has 13 heteroatoms. The molecule has 37 heavy (non-hydrogen) atoms. The van der Waals surface area contributed by atoms with E-state index in [4.69, 9.17) is 46.4 Å². The van der Waals surface area contributed by atoms with Crippen LogP contribution in [0.5, 0.6) is 5.75 Å². The largest absolute Gasteiger partial charge is 0.573 e. The molecular weight excluding hydrogens is 582 g/mol. The van der Waals surface area contributed by atoms with E-state index in [1.54, 1.807) is 0 Å². The Morgan fingerprint density at radius 2 is 1.51 bits per heavy atom. The zero-order valence-corrected chi connectivity index (χ0v) is 21.2. The van der Waals surface area contributed by atoms with Crippen LogP contribution in [0.25, 0.3) is 0 Å². The Kier molecular flexibility index (Phi) is 7.54. The quantitative estimate of drug-likeness (QED) is 0.226. The van der Waals surface area contributed by atoms with Gasteiger partial charge in [0.1, 0.15) is 15.9 Å². The van der Waals surface area contributed by atoms with Crippen molar-refractivity contribution in [2.75, 3.05) is 10.6 Å². The summed E-state index contributed by atoms with van der Waals surface area (Å²) in [5.74, 6) is -4.04. The number of alkyl halides is 5. The maximum absolute atomic E-state index is 13.1. The van der Waals surface area contributed by atoms with Crippen molar-refractivity contribution < 1.29 is 31.9 Å². The van der Waals surface area contributed by atoms with Crippen LogP contribution in [-0.4, -0.2) is 22.5 Å². The smallest absolute Gasteiger partial charge is 0.404 e. The Balaban J connectivity index is 1.48. The van der Waals surface area contributed by atoms with Crippen LogP contribution in [0, 0.1) is 11.7 Å². The van der Waals surface area contributed by atoms with Gasteiger partial charge in [0.15, 0.2) is 0 Å². The Morgan fingerprint density at radius 3 is 2.14 bits per heavy atom. The second-order valence-corrected chi connectivity index (χ2v) is 10.3. The minimum Gasteiger partial charge on any atom is -0.404 e. The predicted octanol–water partition coefficient (Wildman–Crippen LogP) is 7.81. The molecule has 0 radical (unpaired) electrons. The molecule has 2 amide bonds. The first-order chi connectivity index (χ1) is 17.3. The number of amides is 2. The summed E-state index contributed by atoms with van der Waals surface area (Å²) in [6, 6.07) is 12.8. The molecule has 5 nitrogen and oxygen atoms in total. The Labute approximate surface area is 227 Å². The van der Waals surface area contributed by atoms with E-state index in [0.717, 1.165) is 6.07 Å². The van der Waals surface area contributed by atoms with Gasteiger partial charge in [0, 0.05) is 17.3 Å². The zero-order valence-electron chi connectivity index (χ0n) is 18.2. The number of nitrogens with one attached hydrogen (secondary N) is 2. The SMILES string of the molecule is O=C(Nc1ccc(F)cc1)c1cc(NC(=O)[C@H]2[C@H](c3ccc(OC(F)(F)F)c(Cl)c3)C2(Cl)Cl)ccc1Cl. The molecule has 2 N–H and O–H groups in total. The molecule has 1 saturated carbocycles. The van der Waals surface area contributed by atoms with Gasteiger partial charge in [-0.25, -0.2) is 4.39 Å². The molecular formula is C24H14Cl4F4N2O3. The summed E-state index contributed by atoms with van der Waals surface area (Å²) in [5, 5.41) is 4.94. The first-order valence-corrected chi connectivity index (χ1v) is 11.9. The Morgan fingerprint density at radius 1 is 0.865 bits per heavy atom. The van der Waals surface area contributed by atoms with Gasteiger partial charge >= 0.3 is 6.36 Å². The second-order valence-electron chi connectivity index (χ2n) is 8.01. The average molecular weight is 596 g/mol. The molecule has 0 unspecified atom stereocenters. The van der Waals surface area contributed by atoms with Gasteiger partial charge in [-0.05, 0) is 60.2 Å².